The molecule has 6 heteroatoms. The molecule has 1 aromatic carbocycles. The van der Waals surface area contributed by atoms with E-state index in [1.165, 1.54) is 12.1 Å². The van der Waals surface area contributed by atoms with Gasteiger partial charge in [0.1, 0.15) is 6.04 Å². The number of carbonyl (C=O) groups excluding carboxylic acids is 1. The van der Waals surface area contributed by atoms with Gasteiger partial charge in [-0.3, -0.25) is 4.79 Å². The number of benzene rings is 1. The predicted octanol–water partition coefficient (Wildman–Crippen LogP) is 0.903. The van der Waals surface area contributed by atoms with Gasteiger partial charge in [-0.2, -0.15) is 0 Å². The normalized spacial score (nSPS) is 11.7. The number of nitrogen functional groups attached to an aromatic ring is 1. The van der Waals surface area contributed by atoms with Crippen molar-refractivity contribution in [3.63, 3.8) is 0 Å². The summed E-state index contributed by atoms with van der Waals surface area (Å²) >= 11 is 0. The number of carboxylic acid groups (broad SMARTS) is 1. The van der Waals surface area contributed by atoms with Crippen molar-refractivity contribution in [3.05, 3.63) is 23.8 Å². The summed E-state index contributed by atoms with van der Waals surface area (Å²) in [4.78, 5) is 22.4. The van der Waals surface area contributed by atoms with Crippen molar-refractivity contribution >= 4 is 23.3 Å². The molecule has 1 amide bonds. The molecule has 0 aliphatic carbocycles. The second kappa shape index (κ2) is 5.90. The molecule has 5 N–H and O–H groups in total. The summed E-state index contributed by atoms with van der Waals surface area (Å²) in [6, 6.07) is 4.09. The van der Waals surface area contributed by atoms with Gasteiger partial charge in [-0.15, -0.1) is 0 Å². The standard InChI is InChI=1S/C12H17N3O3/c1-3-14-11(16)7(2)15-8-4-5-10(13)9(6-8)12(17)18/h4-7,15H,3,13H2,1-2H3,(H,14,16)(H,17,18). The first-order valence-corrected chi connectivity index (χ1v) is 5.62. The summed E-state index contributed by atoms with van der Waals surface area (Å²) in [5.74, 6) is -1.24. The van der Waals surface area contributed by atoms with Crippen molar-refractivity contribution in [1.29, 1.82) is 0 Å². The molecule has 0 saturated heterocycles. The molecule has 0 aromatic heterocycles. The van der Waals surface area contributed by atoms with E-state index in [-0.39, 0.29) is 17.2 Å². The molecule has 1 atom stereocenters. The van der Waals surface area contributed by atoms with E-state index >= 15 is 0 Å². The first kappa shape index (κ1) is 13.8. The molecule has 0 aliphatic rings. The Kier molecular flexibility index (Phi) is 4.53. The molecule has 0 fully saturated rings. The van der Waals surface area contributed by atoms with Crippen LogP contribution in [0.4, 0.5) is 11.4 Å². The molecule has 0 aliphatic heterocycles. The number of hydrogen-bond acceptors (Lipinski definition) is 4. The van der Waals surface area contributed by atoms with Crippen molar-refractivity contribution < 1.29 is 14.7 Å². The van der Waals surface area contributed by atoms with Gasteiger partial charge >= 0.3 is 5.97 Å². The summed E-state index contributed by atoms with van der Waals surface area (Å²) < 4.78 is 0. The molecule has 6 nitrogen and oxygen atoms in total. The highest BCUT2D eigenvalue weighted by Gasteiger charge is 2.13. The number of aromatic carboxylic acids is 1. The van der Waals surface area contributed by atoms with Gasteiger partial charge < -0.3 is 21.5 Å². The van der Waals surface area contributed by atoms with E-state index < -0.39 is 12.0 Å². The van der Waals surface area contributed by atoms with E-state index in [1.807, 2.05) is 6.92 Å². The zero-order valence-corrected chi connectivity index (χ0v) is 10.4. The van der Waals surface area contributed by atoms with Crippen LogP contribution in [-0.4, -0.2) is 29.6 Å². The smallest absolute Gasteiger partial charge is 0.337 e. The van der Waals surface area contributed by atoms with Crippen LogP contribution in [0.25, 0.3) is 0 Å². The van der Waals surface area contributed by atoms with Gasteiger partial charge in [0.05, 0.1) is 5.56 Å². The number of carboxylic acids is 1. The molecular weight excluding hydrogens is 234 g/mol. The lowest BCUT2D eigenvalue weighted by Crippen LogP contribution is -2.37. The zero-order chi connectivity index (χ0) is 13.7. The second-order valence-electron chi connectivity index (χ2n) is 3.87. The lowest BCUT2D eigenvalue weighted by Gasteiger charge is -2.15. The molecule has 1 unspecified atom stereocenters. The molecule has 0 heterocycles. The van der Waals surface area contributed by atoms with Crippen molar-refractivity contribution in [2.24, 2.45) is 0 Å². The Balaban J connectivity index is 2.82. The lowest BCUT2D eigenvalue weighted by molar-refractivity contribution is -0.121. The van der Waals surface area contributed by atoms with Gasteiger partial charge in [-0.05, 0) is 32.0 Å². The average molecular weight is 251 g/mol. The van der Waals surface area contributed by atoms with E-state index in [0.29, 0.717) is 12.2 Å². The summed E-state index contributed by atoms with van der Waals surface area (Å²) in [6.45, 7) is 4.07. The number of anilines is 2. The first-order valence-electron chi connectivity index (χ1n) is 5.62. The number of nitrogens with one attached hydrogen (secondary N) is 2. The number of nitrogens with two attached hydrogens (primary N) is 1. The van der Waals surface area contributed by atoms with E-state index in [0.717, 1.165) is 0 Å². The number of rotatable bonds is 5. The Morgan fingerprint density at radius 2 is 2.11 bits per heavy atom. The molecule has 0 saturated carbocycles. The maximum absolute atomic E-state index is 11.5. The minimum absolute atomic E-state index is 0.0168. The molecule has 1 aromatic rings. The van der Waals surface area contributed by atoms with Crippen LogP contribution in [0.15, 0.2) is 18.2 Å². The SMILES string of the molecule is CCNC(=O)C(C)Nc1ccc(N)c(C(=O)O)c1. The first-order chi connectivity index (χ1) is 8.45. The number of hydrogen-bond donors (Lipinski definition) is 4. The zero-order valence-electron chi connectivity index (χ0n) is 10.4. The maximum atomic E-state index is 11.5. The topological polar surface area (TPSA) is 104 Å². The van der Waals surface area contributed by atoms with Gasteiger partial charge in [-0.25, -0.2) is 4.79 Å². The summed E-state index contributed by atoms with van der Waals surface area (Å²) in [5.41, 5.74) is 6.29. The van der Waals surface area contributed by atoms with Crippen LogP contribution in [0.2, 0.25) is 0 Å². The largest absolute Gasteiger partial charge is 0.478 e. The minimum Gasteiger partial charge on any atom is -0.478 e. The number of carbonyl (C=O) groups is 2. The summed E-state index contributed by atoms with van der Waals surface area (Å²) in [7, 11) is 0. The van der Waals surface area contributed by atoms with Gasteiger partial charge in [0, 0.05) is 17.9 Å². The van der Waals surface area contributed by atoms with Gasteiger partial charge in [-0.1, -0.05) is 0 Å². The molecule has 98 valence electrons. The summed E-state index contributed by atoms with van der Waals surface area (Å²) in [5, 5.41) is 14.5. The Labute approximate surface area is 105 Å². The van der Waals surface area contributed by atoms with Crippen LogP contribution >= 0.6 is 0 Å². The quantitative estimate of drug-likeness (QED) is 0.582. The minimum atomic E-state index is -1.10. The van der Waals surface area contributed by atoms with Crippen LogP contribution in [0.5, 0.6) is 0 Å². The number of likely N-dealkylation sites (N-methyl/N-ethyl adjacent to an activating group) is 1. The van der Waals surface area contributed by atoms with Gasteiger partial charge in [0.25, 0.3) is 0 Å². The van der Waals surface area contributed by atoms with E-state index in [1.54, 1.807) is 13.0 Å². The maximum Gasteiger partial charge on any atom is 0.337 e. The number of amides is 1. The highest BCUT2D eigenvalue weighted by Crippen LogP contribution is 2.18. The van der Waals surface area contributed by atoms with E-state index in [9.17, 15) is 9.59 Å². The highest BCUT2D eigenvalue weighted by molar-refractivity contribution is 5.95. The molecule has 0 bridgehead atoms. The van der Waals surface area contributed by atoms with Crippen molar-refractivity contribution in [1.82, 2.24) is 5.32 Å². The molecular formula is C12H17N3O3. The Morgan fingerprint density at radius 3 is 2.67 bits per heavy atom. The fourth-order valence-corrected chi connectivity index (χ4v) is 1.47. The van der Waals surface area contributed by atoms with Crippen LogP contribution < -0.4 is 16.4 Å². The monoisotopic (exact) mass is 251 g/mol. The van der Waals surface area contributed by atoms with Crippen LogP contribution in [-0.2, 0) is 4.79 Å². The van der Waals surface area contributed by atoms with Crippen molar-refractivity contribution in [3.8, 4) is 0 Å². The average Bonchev–Trinajstić information content (AvgIpc) is 2.31. The van der Waals surface area contributed by atoms with Crippen molar-refractivity contribution in [2.45, 2.75) is 19.9 Å². The third-order valence-electron chi connectivity index (χ3n) is 2.41. The van der Waals surface area contributed by atoms with Crippen LogP contribution in [0, 0.1) is 0 Å². The second-order valence-corrected chi connectivity index (χ2v) is 3.87. The Morgan fingerprint density at radius 1 is 1.44 bits per heavy atom. The lowest BCUT2D eigenvalue weighted by atomic mass is 10.1. The van der Waals surface area contributed by atoms with Gasteiger partial charge in [0.2, 0.25) is 5.91 Å². The van der Waals surface area contributed by atoms with Crippen molar-refractivity contribution in [2.75, 3.05) is 17.6 Å². The molecule has 0 spiro atoms. The Hall–Kier alpha value is -2.24. The highest BCUT2D eigenvalue weighted by atomic mass is 16.4. The van der Waals surface area contributed by atoms with Gasteiger partial charge in [0.15, 0.2) is 0 Å². The molecule has 18 heavy (non-hydrogen) atoms. The summed E-state index contributed by atoms with van der Waals surface area (Å²) in [6.07, 6.45) is 0. The third-order valence-corrected chi connectivity index (χ3v) is 2.41. The fraction of sp³-hybridized carbons (Fsp3) is 0.333. The molecule has 1 rings (SSSR count). The van der Waals surface area contributed by atoms with E-state index in [2.05, 4.69) is 10.6 Å². The predicted molar refractivity (Wildman–Crippen MR) is 69.6 cm³/mol. The molecule has 0 radical (unpaired) electrons. The van der Waals surface area contributed by atoms with Crippen LogP contribution in [0.3, 0.4) is 0 Å². The fourth-order valence-electron chi connectivity index (χ4n) is 1.47. The Bertz CT molecular complexity index is 460. The van der Waals surface area contributed by atoms with Crippen LogP contribution in [0.1, 0.15) is 24.2 Å². The van der Waals surface area contributed by atoms with E-state index in [4.69, 9.17) is 10.8 Å². The third kappa shape index (κ3) is 3.38.